The number of imidazole rings is 1. The molecule has 3 heterocycles. The van der Waals surface area contributed by atoms with Gasteiger partial charge in [0.25, 0.3) is 0 Å². The zero-order chi connectivity index (χ0) is 20.6. The first-order chi connectivity index (χ1) is 13.9. The van der Waals surface area contributed by atoms with Gasteiger partial charge in [-0.05, 0) is 24.3 Å². The van der Waals surface area contributed by atoms with Gasteiger partial charge in [-0.3, -0.25) is 0 Å². The first-order valence-corrected chi connectivity index (χ1v) is 10.8. The minimum absolute atomic E-state index is 0.0303. The Kier molecular flexibility index (Phi) is 5.24. The molecule has 2 atom stereocenters. The number of hydrogen-bond donors (Lipinski definition) is 0. The molecule has 29 heavy (non-hydrogen) atoms. The summed E-state index contributed by atoms with van der Waals surface area (Å²) in [5.41, 5.74) is 1.25. The molecule has 0 N–H and O–H groups in total. The lowest BCUT2D eigenvalue weighted by atomic mass is 10.0. The molecule has 8 nitrogen and oxygen atoms in total. The van der Waals surface area contributed by atoms with E-state index in [1.807, 2.05) is 4.57 Å². The van der Waals surface area contributed by atoms with Crippen LogP contribution in [-0.2, 0) is 14.8 Å². The normalized spacial score (nSPS) is 19.9. The molecule has 0 aliphatic carbocycles. The van der Waals surface area contributed by atoms with Gasteiger partial charge in [-0.15, -0.1) is 0 Å². The molecule has 4 rings (SSSR count). The maximum absolute atomic E-state index is 14.1. The van der Waals surface area contributed by atoms with Gasteiger partial charge in [0.1, 0.15) is 11.6 Å². The molecule has 154 valence electrons. The van der Waals surface area contributed by atoms with Crippen LogP contribution in [0.5, 0.6) is 0 Å². The molecule has 0 amide bonds. The molecule has 0 saturated carbocycles. The van der Waals surface area contributed by atoms with Crippen LogP contribution in [0.15, 0.2) is 49.1 Å². The van der Waals surface area contributed by atoms with E-state index in [0.29, 0.717) is 30.3 Å². The quantitative estimate of drug-likeness (QED) is 0.610. The minimum atomic E-state index is -3.39. The van der Waals surface area contributed by atoms with Crippen LogP contribution in [0.1, 0.15) is 6.04 Å². The van der Waals surface area contributed by atoms with Crippen LogP contribution in [0.2, 0.25) is 0 Å². The Balaban J connectivity index is 1.74. The molecule has 0 bridgehead atoms. The number of benzene rings is 1. The monoisotopic (exact) mass is 419 g/mol. The van der Waals surface area contributed by atoms with Crippen molar-refractivity contribution in [3.8, 4) is 17.1 Å². The Labute approximate surface area is 168 Å². The van der Waals surface area contributed by atoms with Crippen LogP contribution in [-0.4, -0.2) is 65.1 Å². The topological polar surface area (TPSA) is 82.3 Å². The van der Waals surface area contributed by atoms with Gasteiger partial charge in [0, 0.05) is 50.4 Å². The predicted molar refractivity (Wildman–Crippen MR) is 106 cm³/mol. The van der Waals surface area contributed by atoms with E-state index in [2.05, 4.69) is 10.1 Å². The van der Waals surface area contributed by atoms with Crippen LogP contribution < -0.4 is 0 Å². The lowest BCUT2D eigenvalue weighted by Gasteiger charge is -2.23. The van der Waals surface area contributed by atoms with Gasteiger partial charge in [-0.25, -0.2) is 26.8 Å². The summed E-state index contributed by atoms with van der Waals surface area (Å²) in [6.45, 7) is 0.702. The van der Waals surface area contributed by atoms with Crippen molar-refractivity contribution in [3.05, 3.63) is 54.9 Å². The van der Waals surface area contributed by atoms with Gasteiger partial charge in [0.05, 0.1) is 30.7 Å². The number of sulfonamides is 1. The van der Waals surface area contributed by atoms with Crippen LogP contribution >= 0.6 is 0 Å². The molecular weight excluding hydrogens is 397 g/mol. The number of aromatic nitrogens is 4. The molecule has 1 saturated heterocycles. The second-order valence-electron chi connectivity index (χ2n) is 7.20. The molecule has 10 heteroatoms. The van der Waals surface area contributed by atoms with E-state index in [1.54, 1.807) is 41.6 Å². The first-order valence-electron chi connectivity index (χ1n) is 9.17. The highest BCUT2D eigenvalue weighted by molar-refractivity contribution is 7.89. The maximum atomic E-state index is 14.1. The summed E-state index contributed by atoms with van der Waals surface area (Å²) in [4.78, 5) is 4.45. The van der Waals surface area contributed by atoms with Crippen molar-refractivity contribution >= 4 is 10.0 Å². The predicted octanol–water partition coefficient (Wildman–Crippen LogP) is 1.95. The van der Waals surface area contributed by atoms with Gasteiger partial charge in [-0.1, -0.05) is 0 Å². The van der Waals surface area contributed by atoms with Crippen molar-refractivity contribution in [2.24, 2.45) is 5.92 Å². The van der Waals surface area contributed by atoms with E-state index < -0.39 is 10.0 Å². The molecule has 0 unspecified atom stereocenters. The second kappa shape index (κ2) is 7.69. The average Bonchev–Trinajstić information content (AvgIpc) is 3.42. The number of nitrogens with zero attached hydrogens (tertiary/aromatic N) is 5. The highest BCUT2D eigenvalue weighted by atomic mass is 32.2. The van der Waals surface area contributed by atoms with Gasteiger partial charge < -0.3 is 9.30 Å². The van der Waals surface area contributed by atoms with Gasteiger partial charge >= 0.3 is 0 Å². The van der Waals surface area contributed by atoms with Crippen LogP contribution in [0.4, 0.5) is 4.39 Å². The van der Waals surface area contributed by atoms with Gasteiger partial charge in [0.2, 0.25) is 10.0 Å². The SMILES string of the molecule is CN(C)S(=O)(=O)C[C@H]1COC[C@H]1n1ccnc1-c1cc(F)ccc1-n1cccn1. The van der Waals surface area contributed by atoms with Crippen molar-refractivity contribution in [2.45, 2.75) is 6.04 Å². The third-order valence-electron chi connectivity index (χ3n) is 5.12. The van der Waals surface area contributed by atoms with Crippen molar-refractivity contribution in [2.75, 3.05) is 33.1 Å². The van der Waals surface area contributed by atoms with E-state index in [1.165, 1.54) is 30.5 Å². The van der Waals surface area contributed by atoms with Crippen LogP contribution in [0, 0.1) is 11.7 Å². The second-order valence-corrected chi connectivity index (χ2v) is 9.42. The zero-order valence-electron chi connectivity index (χ0n) is 16.1. The van der Waals surface area contributed by atoms with Crippen molar-refractivity contribution < 1.29 is 17.5 Å². The maximum Gasteiger partial charge on any atom is 0.214 e. The summed E-state index contributed by atoms with van der Waals surface area (Å²) < 4.78 is 49.3. The van der Waals surface area contributed by atoms with E-state index >= 15 is 0 Å². The minimum Gasteiger partial charge on any atom is -0.379 e. The fourth-order valence-electron chi connectivity index (χ4n) is 3.56. The molecule has 1 aromatic carbocycles. The number of hydrogen-bond acceptors (Lipinski definition) is 5. The Hall–Kier alpha value is -2.56. The van der Waals surface area contributed by atoms with Crippen LogP contribution in [0.25, 0.3) is 17.1 Å². The summed E-state index contributed by atoms with van der Waals surface area (Å²) in [5.74, 6) is -0.119. The Morgan fingerprint density at radius 1 is 1.24 bits per heavy atom. The Bertz CT molecular complexity index is 1100. The zero-order valence-corrected chi connectivity index (χ0v) is 17.0. The molecule has 2 aromatic heterocycles. The fraction of sp³-hybridized carbons (Fsp3) is 0.368. The van der Waals surface area contributed by atoms with Crippen LogP contribution in [0.3, 0.4) is 0 Å². The summed E-state index contributed by atoms with van der Waals surface area (Å²) in [7, 11) is -0.348. The molecule has 1 aliphatic heterocycles. The summed E-state index contributed by atoms with van der Waals surface area (Å²) in [6.07, 6.45) is 6.83. The molecule has 0 spiro atoms. The van der Waals surface area contributed by atoms with E-state index in [0.717, 1.165) is 0 Å². The van der Waals surface area contributed by atoms with E-state index in [-0.39, 0.29) is 23.5 Å². The Morgan fingerprint density at radius 3 is 2.79 bits per heavy atom. The van der Waals surface area contributed by atoms with Crippen molar-refractivity contribution in [3.63, 3.8) is 0 Å². The number of rotatable bonds is 6. The fourth-order valence-corrected chi connectivity index (χ4v) is 4.72. The molecule has 1 aliphatic rings. The number of halogens is 1. The van der Waals surface area contributed by atoms with Crippen molar-refractivity contribution in [1.29, 1.82) is 0 Å². The molecule has 0 radical (unpaired) electrons. The lowest BCUT2D eigenvalue weighted by Crippen LogP contribution is -2.32. The standard InChI is InChI=1S/C19H22FN5O3S/c1-23(2)29(26,27)13-14-11-28-12-18(14)24-9-7-21-19(24)16-10-15(20)4-5-17(16)25-8-3-6-22-25/h3-10,14,18H,11-13H2,1-2H3/t14-,18-/m1/s1. The van der Waals surface area contributed by atoms with Gasteiger partial charge in [0.15, 0.2) is 0 Å². The highest BCUT2D eigenvalue weighted by Gasteiger charge is 2.35. The third kappa shape index (κ3) is 3.83. The lowest BCUT2D eigenvalue weighted by molar-refractivity contribution is 0.182. The summed E-state index contributed by atoms with van der Waals surface area (Å²) in [6, 6.07) is 5.99. The average molecular weight is 419 g/mol. The summed E-state index contributed by atoms with van der Waals surface area (Å²) in [5, 5.41) is 4.24. The molecule has 1 fully saturated rings. The smallest absolute Gasteiger partial charge is 0.214 e. The highest BCUT2D eigenvalue weighted by Crippen LogP contribution is 2.34. The third-order valence-corrected chi connectivity index (χ3v) is 7.08. The Morgan fingerprint density at radius 2 is 2.07 bits per heavy atom. The van der Waals surface area contributed by atoms with Gasteiger partial charge in [-0.2, -0.15) is 5.10 Å². The number of ether oxygens (including phenoxy) is 1. The van der Waals surface area contributed by atoms with E-state index in [9.17, 15) is 12.8 Å². The van der Waals surface area contributed by atoms with Crippen molar-refractivity contribution in [1.82, 2.24) is 23.6 Å². The molecular formula is C19H22FN5O3S. The summed E-state index contributed by atoms with van der Waals surface area (Å²) >= 11 is 0. The largest absolute Gasteiger partial charge is 0.379 e. The first kappa shape index (κ1) is 19.7. The van der Waals surface area contributed by atoms with E-state index in [4.69, 9.17) is 4.74 Å². The molecule has 3 aromatic rings.